The van der Waals surface area contributed by atoms with Crippen LogP contribution in [0.4, 0.5) is 29.4 Å². The molecule has 55 nitrogen and oxygen atoms in total. The molecular formula is C55H67N21Na5O34P5. The average molecular weight is 1840 g/mol. The molecular weight excluding hydrogens is 1770 g/mol. The number of aryl methyl sites for hydroxylation is 1. The van der Waals surface area contributed by atoms with Gasteiger partial charge in [0.25, 0.3) is 61.9 Å². The van der Waals surface area contributed by atoms with E-state index in [9.17, 15) is 87.4 Å². The molecule has 13 rings (SSSR count). The van der Waals surface area contributed by atoms with Gasteiger partial charge in [0.05, 0.1) is 69.0 Å². The average Bonchev–Trinajstić information content (AvgIpc) is 1.62. The zero-order valence-corrected chi connectivity index (χ0v) is 79.3. The first kappa shape index (κ1) is 102. The van der Waals surface area contributed by atoms with Crippen LogP contribution >= 0.6 is 39.1 Å². The molecule has 9 aromatic rings. The summed E-state index contributed by atoms with van der Waals surface area (Å²) in [6, 6.07) is 5.65. The van der Waals surface area contributed by atoms with Crippen molar-refractivity contribution in [3.63, 3.8) is 0 Å². The Morgan fingerprint density at radius 2 is 1.06 bits per heavy atom. The van der Waals surface area contributed by atoms with E-state index < -0.39 is 216 Å². The summed E-state index contributed by atoms with van der Waals surface area (Å²) in [4.78, 5) is 146. The van der Waals surface area contributed by atoms with E-state index in [-0.39, 0.29) is 215 Å². The molecule has 0 radical (unpaired) electrons. The maximum atomic E-state index is 14.4. The van der Waals surface area contributed by atoms with E-state index in [4.69, 9.17) is 88.0 Å². The molecule has 626 valence electrons. The SMILES string of the molecule is COC1[C@@H](OP(=O)([O-])OC[C@H]2O[C@@H](n3cnc4c(=O)[nH]c(N)nc43)C(OC)[C@H]2OP(=O)([O-])OC[C@H]2O[C@@H](n3cnc4c(=O)[nH]c(N)nc43)C(O)[C@H]2O)[C@@H](COP(=O)([O-])OP(=O)([O-])OP(=O)([O-])OC[C@H]2O[C@@H]([n+]3cn(C)c4c([O-])nc(N)nc43)C(OCOC(c3ccccc3[N+](=O)[O-])C(C)(C)C)[C@H]2O)O[C@H]1n1cnc2c(N)ncnc21.[Na+].[Na+].[Na+].[Na+].[Na+]. The van der Waals surface area contributed by atoms with Crippen LogP contribution in [0.5, 0.6) is 5.88 Å². The van der Waals surface area contributed by atoms with Gasteiger partial charge in [0.1, 0.15) is 91.9 Å². The number of aromatic nitrogens is 16. The number of aromatic amines is 2. The first-order chi connectivity index (χ1) is 54.1. The Morgan fingerprint density at radius 3 is 1.57 bits per heavy atom. The Balaban J connectivity index is 0.00000358. The van der Waals surface area contributed by atoms with Crippen LogP contribution in [0.15, 0.2) is 65.5 Å². The molecule has 13 N–H and O–H groups in total. The third kappa shape index (κ3) is 22.1. The Hall–Kier alpha value is -3.39. The molecule has 0 spiro atoms. The number of hydrogen-bond acceptors (Lipinski definition) is 47. The molecule has 0 amide bonds. The maximum absolute atomic E-state index is 14.4. The van der Waals surface area contributed by atoms with Gasteiger partial charge in [-0.3, -0.25) is 70.8 Å². The molecule has 22 atom stereocenters. The Morgan fingerprint density at radius 1 is 0.592 bits per heavy atom. The minimum absolute atomic E-state index is 0. The second-order valence-electron chi connectivity index (χ2n) is 26.7. The molecule has 12 heterocycles. The van der Waals surface area contributed by atoms with Crippen molar-refractivity contribution in [2.45, 2.75) is 125 Å². The van der Waals surface area contributed by atoms with E-state index in [1.54, 1.807) is 20.8 Å². The molecule has 4 saturated heterocycles. The van der Waals surface area contributed by atoms with Crippen molar-refractivity contribution in [2.75, 3.05) is 70.4 Å². The Labute approximate surface area is 783 Å². The molecule has 4 aliphatic rings. The van der Waals surface area contributed by atoms with Crippen molar-refractivity contribution < 1.29 is 299 Å². The third-order valence-electron chi connectivity index (χ3n) is 18.1. The number of aliphatic hydroxyl groups excluding tert-OH is 3. The van der Waals surface area contributed by atoms with E-state index in [1.165, 1.54) is 42.2 Å². The molecule has 0 aliphatic carbocycles. The number of ether oxygens (including phenoxy) is 8. The number of phosphoric acid groups is 5. The predicted octanol–water partition coefficient (Wildman–Crippen LogP) is -20.2. The Bertz CT molecular complexity index is 5570. The number of benzene rings is 1. The van der Waals surface area contributed by atoms with Gasteiger partial charge in [-0.2, -0.15) is 9.97 Å². The number of nitrogens with two attached hydrogens (primary N) is 4. The number of imidazole rings is 4. The summed E-state index contributed by atoms with van der Waals surface area (Å²) < 4.78 is 161. The number of hydrogen-bond donors (Lipinski definition) is 9. The van der Waals surface area contributed by atoms with Gasteiger partial charge >= 0.3 is 153 Å². The molecule has 1 aromatic carbocycles. The number of para-hydroxylation sites is 1. The van der Waals surface area contributed by atoms with Crippen LogP contribution in [0.2, 0.25) is 0 Å². The maximum Gasteiger partial charge on any atom is 1.00 e. The van der Waals surface area contributed by atoms with Crippen LogP contribution in [0.3, 0.4) is 0 Å². The Kier molecular flexibility index (Phi) is 34.4. The van der Waals surface area contributed by atoms with Crippen molar-refractivity contribution >= 4 is 113 Å². The summed E-state index contributed by atoms with van der Waals surface area (Å²) in [6.45, 7) is -1.07. The summed E-state index contributed by atoms with van der Waals surface area (Å²) in [5.74, 6) is -2.40. The van der Waals surface area contributed by atoms with Crippen molar-refractivity contribution in [3.05, 3.63) is 92.3 Å². The third-order valence-corrected chi connectivity index (χ3v) is 24.1. The van der Waals surface area contributed by atoms with Gasteiger partial charge in [-0.25, -0.2) is 43.1 Å². The molecule has 65 heteroatoms. The van der Waals surface area contributed by atoms with Gasteiger partial charge in [0, 0.05) is 26.2 Å². The van der Waals surface area contributed by atoms with E-state index in [1.807, 2.05) is 0 Å². The number of nitrogens with zero attached hydrogens (tertiary/aromatic N) is 15. The fourth-order valence-corrected chi connectivity index (χ4v) is 18.4. The fourth-order valence-electron chi connectivity index (χ4n) is 13.2. The number of nitrogens with one attached hydrogen (secondary N) is 2. The fraction of sp³-hybridized carbons (Fsp3) is 0.527. The zero-order chi connectivity index (χ0) is 83.1. The van der Waals surface area contributed by atoms with Gasteiger partial charge in [-0.05, 0) is 11.5 Å². The van der Waals surface area contributed by atoms with Crippen LogP contribution in [-0.4, -0.2) is 214 Å². The number of methoxy groups -OCH3 is 2. The van der Waals surface area contributed by atoms with E-state index in [0.717, 1.165) is 57.8 Å². The van der Waals surface area contributed by atoms with Crippen molar-refractivity contribution in [1.82, 2.24) is 73.1 Å². The number of nitro benzene ring substituents is 1. The zero-order valence-electron chi connectivity index (χ0n) is 64.8. The molecule has 8 aromatic heterocycles. The molecule has 0 bridgehead atoms. The van der Waals surface area contributed by atoms with Crippen LogP contribution in [0.25, 0.3) is 44.7 Å². The van der Waals surface area contributed by atoms with Gasteiger partial charge in [-0.15, -0.1) is 0 Å². The standard InChI is InChI=1S/C55H72N21O34P5.5Na/c1-55(2,3)39(21-9-7-8-10-22(21)76(83)84)98-20-97-36-32(78)24(104-49(36)75-19-71(4)30-44(75)67-54(59)70-47(30)82)12-101-113(89,90)109-115(93,94)110-114(91,92)102-14-26-35(37(95-5)50(105-26)72-16-62-27-40(56)60-15-61-41(27)72)108-112(87,88)100-13-25-34(38(96-6)51(106-25)74-18-64-29-43(74)66-53(58)69-46(29)81)107-111(85,86)99-11-23-31(77)33(79)48(103-23)73-17-63-28-42(73)65-52(57)68-45(28)80;;;;;/h7-10,15-19,23-26,31-39,48-51,77-79H,11-14,20H2,1-6H3,(H15-,56,57,58,59,60,61,65,66,67,68,69,70,80,81,82,85,86,87,88,89,90,91,92,93,94);;;;;/q;5*+1/p-5/t23-,24-,25-,26-,31+,32+,33?,34+,35+,36?,37?,38?,39?,48-,49-,50-,51-;;;;;/m1...../s1. The summed E-state index contributed by atoms with van der Waals surface area (Å²) in [6.07, 6.45) is -25.6. The van der Waals surface area contributed by atoms with Gasteiger partial charge in [0.15, 0.2) is 64.3 Å². The monoisotopic (exact) mass is 1840 g/mol. The van der Waals surface area contributed by atoms with Gasteiger partial charge in [0.2, 0.25) is 18.1 Å². The van der Waals surface area contributed by atoms with Crippen molar-refractivity contribution in [2.24, 2.45) is 12.5 Å². The number of phosphoric ester groups is 4. The van der Waals surface area contributed by atoms with E-state index in [0.29, 0.717) is 0 Å². The number of anilines is 4. The van der Waals surface area contributed by atoms with Crippen molar-refractivity contribution in [3.8, 4) is 5.88 Å². The second kappa shape index (κ2) is 40.5. The van der Waals surface area contributed by atoms with E-state index in [2.05, 4.69) is 63.4 Å². The second-order valence-corrected chi connectivity index (χ2v) is 33.9. The quantitative estimate of drug-likeness (QED) is 0.00472. The molecule has 10 unspecified atom stereocenters. The number of nitro groups is 1. The minimum Gasteiger partial charge on any atom is -0.856 e. The topological polar surface area (TPSA) is 785 Å². The van der Waals surface area contributed by atoms with E-state index >= 15 is 0 Å². The normalized spacial score (nSPS) is 27.1. The van der Waals surface area contributed by atoms with Gasteiger partial charge < -0.3 is 133 Å². The number of nitrogen functional groups attached to an aromatic ring is 4. The smallest absolute Gasteiger partial charge is 0.856 e. The van der Waals surface area contributed by atoms with Crippen LogP contribution in [-0.2, 0) is 104 Å². The minimum atomic E-state index is -6.82. The summed E-state index contributed by atoms with van der Waals surface area (Å²) in [5.41, 5.74) is 19.0. The molecule has 0 saturated carbocycles. The number of aliphatic hydroxyl groups is 3. The predicted molar refractivity (Wildman–Crippen MR) is 363 cm³/mol. The molecule has 4 aliphatic heterocycles. The van der Waals surface area contributed by atoms with Gasteiger partial charge in [-0.1, -0.05) is 37.9 Å². The number of fused-ring (bicyclic) bond motifs is 4. The summed E-state index contributed by atoms with van der Waals surface area (Å²) in [5, 5.41) is 58.9. The molecule has 120 heavy (non-hydrogen) atoms. The number of H-pyrrole nitrogens is 2. The van der Waals surface area contributed by atoms with Crippen LogP contribution in [0, 0.1) is 15.5 Å². The summed E-state index contributed by atoms with van der Waals surface area (Å²) in [7, 11) is -28.4. The van der Waals surface area contributed by atoms with Crippen molar-refractivity contribution in [1.29, 1.82) is 0 Å². The first-order valence-corrected chi connectivity index (χ1v) is 40.6. The first-order valence-electron chi connectivity index (χ1n) is 33.3. The molecule has 4 fully saturated rings. The largest absolute Gasteiger partial charge is 1.00 e. The number of rotatable bonds is 32. The van der Waals surface area contributed by atoms with Crippen LogP contribution in [0.1, 0.15) is 57.4 Å². The van der Waals surface area contributed by atoms with Crippen LogP contribution < -0.4 is 216 Å². The summed E-state index contributed by atoms with van der Waals surface area (Å²) >= 11 is 0.